The summed E-state index contributed by atoms with van der Waals surface area (Å²) < 4.78 is 16.5. The highest BCUT2D eigenvalue weighted by Crippen LogP contribution is 2.41. The van der Waals surface area contributed by atoms with E-state index in [1.807, 2.05) is 12.1 Å². The summed E-state index contributed by atoms with van der Waals surface area (Å²) in [6.07, 6.45) is 0.605. The molecule has 7 heteroatoms. The maximum absolute atomic E-state index is 13.2. The van der Waals surface area contributed by atoms with Crippen molar-refractivity contribution in [3.8, 4) is 17.2 Å². The molecule has 2 aromatic carbocycles. The number of nitrogens with zero attached hydrogens (tertiary/aromatic N) is 1. The molecule has 1 atom stereocenters. The van der Waals surface area contributed by atoms with Crippen LogP contribution in [0, 0.1) is 0 Å². The van der Waals surface area contributed by atoms with Gasteiger partial charge in [0.05, 0.1) is 7.11 Å². The third kappa shape index (κ3) is 2.95. The van der Waals surface area contributed by atoms with E-state index in [4.69, 9.17) is 14.2 Å². The zero-order chi connectivity index (χ0) is 19.0. The van der Waals surface area contributed by atoms with Gasteiger partial charge in [0.1, 0.15) is 13.2 Å². The minimum Gasteiger partial charge on any atom is -0.493 e. The first-order valence-corrected chi connectivity index (χ1v) is 8.69. The lowest BCUT2D eigenvalue weighted by Gasteiger charge is -2.35. The maximum atomic E-state index is 13.2. The summed E-state index contributed by atoms with van der Waals surface area (Å²) in [4.78, 5) is 26.5. The van der Waals surface area contributed by atoms with Crippen LogP contribution >= 0.6 is 0 Å². The lowest BCUT2D eigenvalue weighted by atomic mass is 9.92. The Labute approximate surface area is 156 Å². The van der Waals surface area contributed by atoms with Gasteiger partial charge in [-0.2, -0.15) is 0 Å². The highest BCUT2D eigenvalue weighted by Gasteiger charge is 2.36. The fraction of sp³-hybridized carbons (Fsp3) is 0.300. The average molecular weight is 369 g/mol. The molecule has 0 radical (unpaired) electrons. The zero-order valence-electron chi connectivity index (χ0n) is 14.8. The van der Waals surface area contributed by atoms with E-state index >= 15 is 0 Å². The Kier molecular flexibility index (Phi) is 4.35. The molecule has 0 saturated carbocycles. The summed E-state index contributed by atoms with van der Waals surface area (Å²) in [5, 5.41) is 9.78. The molecular formula is C20H19NO6. The van der Waals surface area contributed by atoms with Crippen molar-refractivity contribution in [2.24, 2.45) is 0 Å². The smallest absolute Gasteiger partial charge is 0.331 e. The Hall–Kier alpha value is -3.22. The summed E-state index contributed by atoms with van der Waals surface area (Å²) in [7, 11) is 1.49. The number of rotatable bonds is 3. The maximum Gasteiger partial charge on any atom is 0.331 e. The molecule has 0 aromatic heterocycles. The second kappa shape index (κ2) is 6.83. The highest BCUT2D eigenvalue weighted by molar-refractivity contribution is 5.98. The van der Waals surface area contributed by atoms with Crippen LogP contribution in [0.4, 0.5) is 0 Å². The van der Waals surface area contributed by atoms with E-state index in [0.29, 0.717) is 54.6 Å². The van der Waals surface area contributed by atoms with Crippen LogP contribution in [0.3, 0.4) is 0 Å². The van der Waals surface area contributed by atoms with Gasteiger partial charge >= 0.3 is 5.97 Å². The number of hydrogen-bond donors (Lipinski definition) is 1. The molecule has 7 nitrogen and oxygen atoms in total. The monoisotopic (exact) mass is 369 g/mol. The molecular weight excluding hydrogens is 350 g/mol. The fourth-order valence-corrected chi connectivity index (χ4v) is 3.61. The van der Waals surface area contributed by atoms with Gasteiger partial charge in [0.15, 0.2) is 17.5 Å². The number of ether oxygens (including phenoxy) is 3. The number of carbonyl (C=O) groups is 2. The minimum absolute atomic E-state index is 0.307. The van der Waals surface area contributed by atoms with Crippen LogP contribution in [0.1, 0.15) is 27.5 Å². The Morgan fingerprint density at radius 2 is 1.96 bits per heavy atom. The molecule has 0 fully saturated rings. The lowest BCUT2D eigenvalue weighted by Crippen LogP contribution is -2.43. The third-order valence-electron chi connectivity index (χ3n) is 4.85. The molecule has 140 valence electrons. The predicted molar refractivity (Wildman–Crippen MR) is 95.5 cm³/mol. The quantitative estimate of drug-likeness (QED) is 0.894. The molecule has 2 aromatic rings. The number of fused-ring (bicyclic) bond motifs is 2. The Balaban J connectivity index is 1.73. The zero-order valence-corrected chi connectivity index (χ0v) is 14.8. The third-order valence-corrected chi connectivity index (χ3v) is 4.85. The van der Waals surface area contributed by atoms with Crippen LogP contribution in [-0.2, 0) is 11.2 Å². The number of benzene rings is 2. The van der Waals surface area contributed by atoms with Crippen molar-refractivity contribution in [2.75, 3.05) is 26.9 Å². The van der Waals surface area contributed by atoms with Crippen LogP contribution in [0.5, 0.6) is 17.2 Å². The molecule has 0 bridgehead atoms. The molecule has 0 aliphatic carbocycles. The number of methoxy groups -OCH3 is 1. The molecule has 0 saturated heterocycles. The molecule has 2 aliphatic rings. The Morgan fingerprint density at radius 1 is 1.19 bits per heavy atom. The van der Waals surface area contributed by atoms with Gasteiger partial charge in [-0.05, 0) is 29.7 Å². The first kappa shape index (κ1) is 17.2. The number of carboxylic acid groups (broad SMARTS) is 1. The molecule has 2 heterocycles. The second-order valence-corrected chi connectivity index (χ2v) is 6.39. The highest BCUT2D eigenvalue weighted by atomic mass is 16.6. The molecule has 4 rings (SSSR count). The van der Waals surface area contributed by atoms with Crippen LogP contribution in [0.25, 0.3) is 0 Å². The van der Waals surface area contributed by atoms with Crippen molar-refractivity contribution in [2.45, 2.75) is 12.5 Å². The van der Waals surface area contributed by atoms with E-state index in [-0.39, 0.29) is 5.91 Å². The number of hydrogen-bond acceptors (Lipinski definition) is 5. The summed E-state index contributed by atoms with van der Waals surface area (Å²) in [5.41, 5.74) is 1.91. The minimum atomic E-state index is -1.06. The molecule has 2 aliphatic heterocycles. The van der Waals surface area contributed by atoms with Crippen LogP contribution in [-0.4, -0.2) is 48.8 Å². The largest absolute Gasteiger partial charge is 0.493 e. The summed E-state index contributed by atoms with van der Waals surface area (Å²) >= 11 is 0. The van der Waals surface area contributed by atoms with Crippen molar-refractivity contribution in [1.29, 1.82) is 0 Å². The van der Waals surface area contributed by atoms with Crippen molar-refractivity contribution in [3.63, 3.8) is 0 Å². The summed E-state index contributed by atoms with van der Waals surface area (Å²) in [6, 6.07) is 9.45. The van der Waals surface area contributed by atoms with Crippen molar-refractivity contribution in [1.82, 2.24) is 4.90 Å². The second-order valence-electron chi connectivity index (χ2n) is 6.39. The van der Waals surface area contributed by atoms with Gasteiger partial charge in [0.25, 0.3) is 5.91 Å². The van der Waals surface area contributed by atoms with Crippen LogP contribution in [0.15, 0.2) is 36.4 Å². The standard InChI is InChI=1S/C20H19NO6/c1-25-15-10-13(11-16-18(15)27-9-8-26-16)19(22)21-7-6-12-4-2-3-5-14(12)17(21)20(23)24/h2-5,10-11,17H,6-9H2,1H3,(H,23,24). The van der Waals surface area contributed by atoms with Gasteiger partial charge in [-0.3, -0.25) is 4.79 Å². The molecule has 1 unspecified atom stereocenters. The molecule has 1 N–H and O–H groups in total. The van der Waals surface area contributed by atoms with Gasteiger partial charge in [-0.1, -0.05) is 24.3 Å². The molecule has 27 heavy (non-hydrogen) atoms. The van der Waals surface area contributed by atoms with Crippen molar-refractivity contribution in [3.05, 3.63) is 53.1 Å². The summed E-state index contributed by atoms with van der Waals surface area (Å²) in [5.74, 6) is -0.167. The van der Waals surface area contributed by atoms with E-state index in [9.17, 15) is 14.7 Å². The lowest BCUT2D eigenvalue weighted by molar-refractivity contribution is -0.143. The Morgan fingerprint density at radius 3 is 2.74 bits per heavy atom. The Bertz CT molecular complexity index is 892. The van der Waals surface area contributed by atoms with Crippen molar-refractivity contribution < 1.29 is 28.9 Å². The molecule has 0 spiro atoms. The van der Waals surface area contributed by atoms with Gasteiger partial charge in [0.2, 0.25) is 5.75 Å². The predicted octanol–water partition coefficient (Wildman–Crippen LogP) is 2.29. The first-order chi connectivity index (χ1) is 13.1. The van der Waals surface area contributed by atoms with Crippen molar-refractivity contribution >= 4 is 11.9 Å². The number of amides is 1. The normalized spacial score (nSPS) is 17.8. The topological polar surface area (TPSA) is 85.3 Å². The van der Waals surface area contributed by atoms with Crippen LogP contribution in [0.2, 0.25) is 0 Å². The van der Waals surface area contributed by atoms with Gasteiger partial charge in [-0.25, -0.2) is 4.79 Å². The van der Waals surface area contributed by atoms with Gasteiger partial charge in [-0.15, -0.1) is 0 Å². The summed E-state index contributed by atoms with van der Waals surface area (Å²) in [6.45, 7) is 1.10. The number of aliphatic carboxylic acids is 1. The van der Waals surface area contributed by atoms with E-state index < -0.39 is 12.0 Å². The van der Waals surface area contributed by atoms with E-state index in [1.54, 1.807) is 24.3 Å². The SMILES string of the molecule is COc1cc(C(=O)N2CCc3ccccc3C2C(=O)O)cc2c1OCCO2. The van der Waals surface area contributed by atoms with Crippen LogP contribution < -0.4 is 14.2 Å². The van der Waals surface area contributed by atoms with Gasteiger partial charge < -0.3 is 24.2 Å². The van der Waals surface area contributed by atoms with E-state index in [1.165, 1.54) is 12.0 Å². The van der Waals surface area contributed by atoms with E-state index in [0.717, 1.165) is 5.56 Å². The number of carboxylic acids is 1. The van der Waals surface area contributed by atoms with E-state index in [2.05, 4.69) is 0 Å². The number of carbonyl (C=O) groups excluding carboxylic acids is 1. The fourth-order valence-electron chi connectivity index (χ4n) is 3.61. The van der Waals surface area contributed by atoms with Gasteiger partial charge in [0, 0.05) is 12.1 Å². The molecule has 1 amide bonds. The average Bonchev–Trinajstić information content (AvgIpc) is 2.71. The first-order valence-electron chi connectivity index (χ1n) is 8.69.